The Kier molecular flexibility index (Phi) is 4.27. The molecule has 5 nitrogen and oxygen atoms in total. The molecule has 0 amide bonds. The number of hydrogen-bond acceptors (Lipinski definition) is 5. The number of nitrogen functional groups attached to an aromatic ring is 1. The average Bonchev–Trinajstić information content (AvgIpc) is 2.91. The molecule has 1 aromatic heterocycles. The van der Waals surface area contributed by atoms with Crippen LogP contribution in [0.15, 0.2) is 30.6 Å². The summed E-state index contributed by atoms with van der Waals surface area (Å²) in [5, 5.41) is 10.1. The first kappa shape index (κ1) is 16.8. The number of rotatable bonds is 2. The summed E-state index contributed by atoms with van der Waals surface area (Å²) in [5.74, 6) is 0.369. The van der Waals surface area contributed by atoms with E-state index in [1.807, 2.05) is 0 Å². The summed E-state index contributed by atoms with van der Waals surface area (Å²) < 4.78 is 38.8. The summed E-state index contributed by atoms with van der Waals surface area (Å²) >= 11 is 6.12. The number of hydrogen-bond donors (Lipinski definition) is 2. The molecule has 1 aliphatic rings. The molecule has 0 saturated carbocycles. The molecular formula is C15H14ClF3N4O. The van der Waals surface area contributed by atoms with Crippen molar-refractivity contribution in [3.05, 3.63) is 46.7 Å². The molecule has 0 bridgehead atoms. The molecule has 24 heavy (non-hydrogen) atoms. The van der Waals surface area contributed by atoms with Crippen molar-refractivity contribution in [3.8, 4) is 0 Å². The van der Waals surface area contributed by atoms with Crippen molar-refractivity contribution in [1.82, 2.24) is 9.97 Å². The van der Waals surface area contributed by atoms with Crippen LogP contribution < -0.4 is 10.6 Å². The van der Waals surface area contributed by atoms with Crippen molar-refractivity contribution in [3.63, 3.8) is 0 Å². The van der Waals surface area contributed by atoms with E-state index in [9.17, 15) is 18.3 Å². The smallest absolute Gasteiger partial charge is 0.391 e. The van der Waals surface area contributed by atoms with Gasteiger partial charge >= 0.3 is 6.18 Å². The van der Waals surface area contributed by atoms with E-state index in [-0.39, 0.29) is 23.8 Å². The number of aliphatic hydroxyl groups is 1. The van der Waals surface area contributed by atoms with E-state index in [2.05, 4.69) is 9.97 Å². The fourth-order valence-corrected chi connectivity index (χ4v) is 3.07. The average molecular weight is 359 g/mol. The molecule has 9 heteroatoms. The standard InChI is InChI=1S/C15H14ClF3N4O/c16-12-13(20)21-7-22-14(12)23-6-10(24)5-11(23)8-2-1-3-9(4-8)15(17,18)19/h1-4,7,10-11,24H,5-6H2,(H2,20,21,22)/t10-,11-/m1/s1. The van der Waals surface area contributed by atoms with Gasteiger partial charge in [-0.1, -0.05) is 23.7 Å². The zero-order valence-corrected chi connectivity index (χ0v) is 13.1. The van der Waals surface area contributed by atoms with E-state index < -0.39 is 23.9 Å². The number of aromatic nitrogens is 2. The van der Waals surface area contributed by atoms with Crippen molar-refractivity contribution < 1.29 is 18.3 Å². The van der Waals surface area contributed by atoms with Gasteiger partial charge in [0.25, 0.3) is 0 Å². The van der Waals surface area contributed by atoms with Gasteiger partial charge < -0.3 is 15.7 Å². The number of nitrogens with zero attached hydrogens (tertiary/aromatic N) is 3. The van der Waals surface area contributed by atoms with Crippen LogP contribution in [0.25, 0.3) is 0 Å². The van der Waals surface area contributed by atoms with Gasteiger partial charge in [0.15, 0.2) is 5.82 Å². The maximum absolute atomic E-state index is 12.9. The molecule has 1 fully saturated rings. The Bertz CT molecular complexity index is 756. The molecule has 2 aromatic rings. The normalized spacial score (nSPS) is 21.3. The molecular weight excluding hydrogens is 345 g/mol. The van der Waals surface area contributed by atoms with Crippen molar-refractivity contribution in [2.75, 3.05) is 17.2 Å². The van der Waals surface area contributed by atoms with Gasteiger partial charge in [-0.3, -0.25) is 0 Å². The first-order valence-corrected chi connectivity index (χ1v) is 7.53. The van der Waals surface area contributed by atoms with Gasteiger partial charge in [0.05, 0.1) is 17.7 Å². The highest BCUT2D eigenvalue weighted by atomic mass is 35.5. The summed E-state index contributed by atoms with van der Waals surface area (Å²) in [5.41, 5.74) is 5.35. The van der Waals surface area contributed by atoms with Gasteiger partial charge in [0.2, 0.25) is 0 Å². The number of alkyl halides is 3. The molecule has 0 unspecified atom stereocenters. The SMILES string of the molecule is Nc1ncnc(N2C[C@H](O)C[C@@H]2c2cccc(C(F)(F)F)c2)c1Cl. The van der Waals surface area contributed by atoms with E-state index in [0.717, 1.165) is 12.1 Å². The van der Waals surface area contributed by atoms with E-state index in [0.29, 0.717) is 11.4 Å². The van der Waals surface area contributed by atoms with Gasteiger partial charge in [-0.15, -0.1) is 0 Å². The second-order valence-corrected chi connectivity index (χ2v) is 5.96. The molecule has 1 aliphatic heterocycles. The second kappa shape index (κ2) is 6.10. The van der Waals surface area contributed by atoms with Crippen LogP contribution in [-0.4, -0.2) is 27.7 Å². The third-order valence-corrected chi connectivity index (χ3v) is 4.31. The Morgan fingerprint density at radius 3 is 2.75 bits per heavy atom. The number of nitrogens with two attached hydrogens (primary N) is 1. The second-order valence-electron chi connectivity index (χ2n) is 5.58. The minimum Gasteiger partial charge on any atom is -0.391 e. The zero-order valence-electron chi connectivity index (χ0n) is 12.3. The van der Waals surface area contributed by atoms with Crippen LogP contribution in [0.4, 0.5) is 24.8 Å². The lowest BCUT2D eigenvalue weighted by Crippen LogP contribution is -2.26. The number of benzene rings is 1. The number of β-amino-alcohol motifs (C(OH)–C–C–N with tert-alkyl or cyclic N) is 1. The third-order valence-electron chi connectivity index (χ3n) is 3.95. The minimum absolute atomic E-state index is 0.0749. The molecule has 0 aliphatic carbocycles. The zero-order chi connectivity index (χ0) is 17.5. The van der Waals surface area contributed by atoms with Crippen molar-refractivity contribution >= 4 is 23.2 Å². The summed E-state index contributed by atoms with van der Waals surface area (Å²) in [4.78, 5) is 9.50. The Morgan fingerprint density at radius 2 is 2.04 bits per heavy atom. The van der Waals surface area contributed by atoms with Gasteiger partial charge in [0.1, 0.15) is 17.2 Å². The third kappa shape index (κ3) is 3.11. The lowest BCUT2D eigenvalue weighted by Gasteiger charge is -2.27. The van der Waals surface area contributed by atoms with Crippen LogP contribution in [0.2, 0.25) is 5.02 Å². The highest BCUT2D eigenvalue weighted by Crippen LogP contribution is 2.40. The maximum atomic E-state index is 12.9. The molecule has 2 heterocycles. The van der Waals surface area contributed by atoms with Crippen LogP contribution in [0.3, 0.4) is 0 Å². The molecule has 2 atom stereocenters. The Balaban J connectivity index is 2.01. The fraction of sp³-hybridized carbons (Fsp3) is 0.333. The van der Waals surface area contributed by atoms with Gasteiger partial charge in [-0.2, -0.15) is 13.2 Å². The van der Waals surface area contributed by atoms with E-state index in [1.165, 1.54) is 12.4 Å². The molecule has 3 N–H and O–H groups in total. The van der Waals surface area contributed by atoms with Crippen LogP contribution >= 0.6 is 11.6 Å². The summed E-state index contributed by atoms with van der Waals surface area (Å²) in [7, 11) is 0. The van der Waals surface area contributed by atoms with Crippen LogP contribution in [-0.2, 0) is 6.18 Å². The predicted molar refractivity (Wildman–Crippen MR) is 83.6 cm³/mol. The molecule has 0 radical (unpaired) electrons. The maximum Gasteiger partial charge on any atom is 0.416 e. The lowest BCUT2D eigenvalue weighted by molar-refractivity contribution is -0.137. The van der Waals surface area contributed by atoms with Crippen molar-refractivity contribution in [1.29, 1.82) is 0 Å². The Hall–Kier alpha value is -2.06. The van der Waals surface area contributed by atoms with E-state index >= 15 is 0 Å². The van der Waals surface area contributed by atoms with Crippen LogP contribution in [0.5, 0.6) is 0 Å². The number of aliphatic hydroxyl groups excluding tert-OH is 1. The largest absolute Gasteiger partial charge is 0.416 e. The first-order valence-electron chi connectivity index (χ1n) is 7.15. The van der Waals surface area contributed by atoms with Crippen LogP contribution in [0.1, 0.15) is 23.6 Å². The van der Waals surface area contributed by atoms with Gasteiger partial charge in [0, 0.05) is 6.54 Å². The molecule has 1 aromatic carbocycles. The first-order chi connectivity index (χ1) is 11.3. The number of anilines is 2. The minimum atomic E-state index is -4.44. The topological polar surface area (TPSA) is 75.3 Å². The highest BCUT2D eigenvalue weighted by Gasteiger charge is 2.36. The predicted octanol–water partition coefficient (Wildman–Crippen LogP) is 3.04. The van der Waals surface area contributed by atoms with Crippen molar-refractivity contribution in [2.45, 2.75) is 24.7 Å². The van der Waals surface area contributed by atoms with Crippen LogP contribution in [0, 0.1) is 0 Å². The molecule has 3 rings (SSSR count). The van der Waals surface area contributed by atoms with Gasteiger partial charge in [-0.05, 0) is 24.1 Å². The summed E-state index contributed by atoms with van der Waals surface area (Å²) in [6.07, 6.45) is -3.65. The van der Waals surface area contributed by atoms with E-state index in [4.69, 9.17) is 17.3 Å². The Morgan fingerprint density at radius 1 is 1.29 bits per heavy atom. The molecule has 128 valence electrons. The number of halogens is 4. The summed E-state index contributed by atoms with van der Waals surface area (Å²) in [6, 6.07) is 4.53. The Labute approximate surface area is 140 Å². The lowest BCUT2D eigenvalue weighted by atomic mass is 10.0. The quantitative estimate of drug-likeness (QED) is 0.863. The molecule has 1 saturated heterocycles. The monoisotopic (exact) mass is 358 g/mol. The van der Waals surface area contributed by atoms with Crippen molar-refractivity contribution in [2.24, 2.45) is 0 Å². The fourth-order valence-electron chi connectivity index (χ4n) is 2.86. The highest BCUT2D eigenvalue weighted by molar-refractivity contribution is 6.35. The van der Waals surface area contributed by atoms with Gasteiger partial charge in [-0.25, -0.2) is 9.97 Å². The summed E-state index contributed by atoms with van der Waals surface area (Å²) in [6.45, 7) is 0.192. The van der Waals surface area contributed by atoms with E-state index in [1.54, 1.807) is 11.0 Å². The molecule has 0 spiro atoms.